The van der Waals surface area contributed by atoms with Crippen molar-refractivity contribution in [3.05, 3.63) is 75.3 Å². The minimum Gasteiger partial charge on any atom is -0.276 e. The first-order chi connectivity index (χ1) is 10.5. The van der Waals surface area contributed by atoms with Crippen LogP contribution in [0.5, 0.6) is 0 Å². The van der Waals surface area contributed by atoms with Crippen molar-refractivity contribution in [2.24, 2.45) is 0 Å². The number of carbonyl (C=O) groups is 1. The summed E-state index contributed by atoms with van der Waals surface area (Å²) >= 11 is 11.3. The third kappa shape index (κ3) is 4.59. The lowest BCUT2D eigenvalue weighted by atomic mass is 9.97. The van der Waals surface area contributed by atoms with E-state index >= 15 is 0 Å². The molecule has 22 heavy (non-hydrogen) atoms. The average molecular weight is 331 g/mol. The highest BCUT2D eigenvalue weighted by atomic mass is 35.5. The van der Waals surface area contributed by atoms with Crippen molar-refractivity contribution < 1.29 is 4.79 Å². The zero-order valence-electron chi connectivity index (χ0n) is 12.4. The molecule has 2 aromatic carbocycles. The molecule has 0 unspecified atom stereocenters. The number of halogens is 2. The molecule has 0 saturated heterocycles. The van der Waals surface area contributed by atoms with Crippen LogP contribution in [0.15, 0.2) is 42.5 Å². The van der Waals surface area contributed by atoms with Gasteiger partial charge in [0.1, 0.15) is 0 Å². The molecule has 0 heterocycles. The van der Waals surface area contributed by atoms with E-state index < -0.39 is 5.24 Å². The maximum Gasteiger partial charge on any atom is 0.245 e. The Kier molecular flexibility index (Phi) is 5.59. The summed E-state index contributed by atoms with van der Waals surface area (Å²) in [4.78, 5) is 11.0. The van der Waals surface area contributed by atoms with Crippen LogP contribution in [0.3, 0.4) is 0 Å². The van der Waals surface area contributed by atoms with E-state index in [-0.39, 0.29) is 0 Å². The summed E-state index contributed by atoms with van der Waals surface area (Å²) in [6, 6.07) is 11.8. The Balaban J connectivity index is 2.40. The highest BCUT2D eigenvalue weighted by Crippen LogP contribution is 2.22. The SMILES string of the molecule is Cc1cc(C)c(/C=C/C(=O)Cl)c(/C=C/c2ccc(Cl)cc2)c1. The highest BCUT2D eigenvalue weighted by molar-refractivity contribution is 6.66. The quantitative estimate of drug-likeness (QED) is 0.387. The fraction of sp³-hybridized carbons (Fsp3) is 0.105. The normalized spacial score (nSPS) is 11.5. The molecule has 0 aliphatic carbocycles. The van der Waals surface area contributed by atoms with Gasteiger partial charge < -0.3 is 0 Å². The van der Waals surface area contributed by atoms with E-state index in [1.54, 1.807) is 6.08 Å². The average Bonchev–Trinajstić information content (AvgIpc) is 2.45. The topological polar surface area (TPSA) is 17.1 Å². The Morgan fingerprint density at radius 3 is 2.32 bits per heavy atom. The van der Waals surface area contributed by atoms with Crippen LogP contribution >= 0.6 is 23.2 Å². The molecule has 0 N–H and O–H groups in total. The Bertz CT molecular complexity index is 741. The van der Waals surface area contributed by atoms with Crippen molar-refractivity contribution in [1.82, 2.24) is 0 Å². The molecule has 3 heteroatoms. The Morgan fingerprint density at radius 2 is 1.68 bits per heavy atom. The van der Waals surface area contributed by atoms with E-state index in [9.17, 15) is 4.79 Å². The molecular formula is C19H16Cl2O. The van der Waals surface area contributed by atoms with Crippen molar-refractivity contribution in [2.45, 2.75) is 13.8 Å². The summed E-state index contributed by atoms with van der Waals surface area (Å²) in [6.45, 7) is 4.07. The van der Waals surface area contributed by atoms with Crippen LogP contribution in [0.25, 0.3) is 18.2 Å². The monoisotopic (exact) mass is 330 g/mol. The molecule has 0 amide bonds. The van der Waals surface area contributed by atoms with Gasteiger partial charge in [-0.2, -0.15) is 0 Å². The number of hydrogen-bond acceptors (Lipinski definition) is 1. The van der Waals surface area contributed by atoms with Crippen LogP contribution in [-0.4, -0.2) is 5.24 Å². The Labute approximate surface area is 140 Å². The summed E-state index contributed by atoms with van der Waals surface area (Å²) in [6.07, 6.45) is 7.18. The molecule has 112 valence electrons. The highest BCUT2D eigenvalue weighted by Gasteiger charge is 2.03. The van der Waals surface area contributed by atoms with Gasteiger partial charge in [0.25, 0.3) is 0 Å². The summed E-state index contributed by atoms with van der Waals surface area (Å²) < 4.78 is 0. The minimum atomic E-state index is -0.479. The van der Waals surface area contributed by atoms with E-state index in [0.29, 0.717) is 5.02 Å². The van der Waals surface area contributed by atoms with Crippen molar-refractivity contribution in [1.29, 1.82) is 0 Å². The fourth-order valence-electron chi connectivity index (χ4n) is 2.29. The Hall–Kier alpha value is -1.83. The van der Waals surface area contributed by atoms with Gasteiger partial charge in [-0.1, -0.05) is 53.6 Å². The molecule has 2 rings (SSSR count). The molecule has 0 bridgehead atoms. The van der Waals surface area contributed by atoms with E-state index in [0.717, 1.165) is 22.3 Å². The lowest BCUT2D eigenvalue weighted by Gasteiger charge is -2.08. The molecule has 0 fully saturated rings. The largest absolute Gasteiger partial charge is 0.276 e. The van der Waals surface area contributed by atoms with Gasteiger partial charge in [0.15, 0.2) is 0 Å². The van der Waals surface area contributed by atoms with Crippen LogP contribution in [0.1, 0.15) is 27.8 Å². The first kappa shape index (κ1) is 16.5. The predicted octanol–water partition coefficient (Wildman–Crippen LogP) is 5.91. The second-order valence-corrected chi connectivity index (χ2v) is 5.92. The lowest BCUT2D eigenvalue weighted by molar-refractivity contribution is -0.107. The van der Waals surface area contributed by atoms with Crippen LogP contribution in [-0.2, 0) is 4.79 Å². The summed E-state index contributed by atoms with van der Waals surface area (Å²) in [5, 5.41) is 0.236. The standard InChI is InChI=1S/C19H16Cl2O/c1-13-11-14(2)18(9-10-19(21)22)16(12-13)6-3-15-4-7-17(20)8-5-15/h3-12H,1-2H3/b6-3+,10-9+. The van der Waals surface area contributed by atoms with Crippen LogP contribution in [0.2, 0.25) is 5.02 Å². The maximum atomic E-state index is 11.0. The number of hydrogen-bond donors (Lipinski definition) is 0. The van der Waals surface area contributed by atoms with E-state index in [1.165, 1.54) is 11.6 Å². The molecule has 0 spiro atoms. The van der Waals surface area contributed by atoms with E-state index in [4.69, 9.17) is 23.2 Å². The van der Waals surface area contributed by atoms with Gasteiger partial charge in [-0.25, -0.2) is 0 Å². The lowest BCUT2D eigenvalue weighted by Crippen LogP contribution is -1.89. The molecule has 0 aliphatic rings. The van der Waals surface area contributed by atoms with Gasteiger partial charge in [0.05, 0.1) is 0 Å². The van der Waals surface area contributed by atoms with Crippen molar-refractivity contribution in [3.63, 3.8) is 0 Å². The number of rotatable bonds is 4. The second-order valence-electron chi connectivity index (χ2n) is 5.11. The van der Waals surface area contributed by atoms with Gasteiger partial charge in [0, 0.05) is 5.02 Å². The molecule has 0 radical (unpaired) electrons. The molecular weight excluding hydrogens is 315 g/mol. The van der Waals surface area contributed by atoms with Crippen molar-refractivity contribution in [3.8, 4) is 0 Å². The van der Waals surface area contributed by atoms with E-state index in [1.807, 2.05) is 50.3 Å². The summed E-state index contributed by atoms with van der Waals surface area (Å²) in [7, 11) is 0. The fourth-order valence-corrected chi connectivity index (χ4v) is 2.47. The van der Waals surface area contributed by atoms with Crippen molar-refractivity contribution in [2.75, 3.05) is 0 Å². The Morgan fingerprint density at radius 1 is 1.00 bits per heavy atom. The number of allylic oxidation sites excluding steroid dienone is 1. The molecule has 0 saturated carbocycles. The molecule has 0 atom stereocenters. The third-order valence-electron chi connectivity index (χ3n) is 3.27. The number of aryl methyl sites for hydroxylation is 2. The number of benzene rings is 2. The minimum absolute atomic E-state index is 0.479. The first-order valence-corrected chi connectivity index (χ1v) is 7.64. The zero-order chi connectivity index (χ0) is 16.1. The zero-order valence-corrected chi connectivity index (χ0v) is 13.9. The summed E-state index contributed by atoms with van der Waals surface area (Å²) in [5.74, 6) is 0. The maximum absolute atomic E-state index is 11.0. The van der Waals surface area contributed by atoms with Gasteiger partial charge in [-0.15, -0.1) is 0 Å². The van der Waals surface area contributed by atoms with Crippen molar-refractivity contribution >= 4 is 46.7 Å². The van der Waals surface area contributed by atoms with Crippen LogP contribution in [0.4, 0.5) is 0 Å². The molecule has 0 aromatic heterocycles. The molecule has 2 aromatic rings. The van der Waals surface area contributed by atoms with Gasteiger partial charge in [-0.3, -0.25) is 4.79 Å². The first-order valence-electron chi connectivity index (χ1n) is 6.88. The van der Waals surface area contributed by atoms with Gasteiger partial charge >= 0.3 is 0 Å². The number of carbonyl (C=O) groups excluding carboxylic acids is 1. The third-order valence-corrected chi connectivity index (χ3v) is 3.65. The summed E-state index contributed by atoms with van der Waals surface area (Å²) in [5.41, 5.74) is 5.37. The second kappa shape index (κ2) is 7.44. The van der Waals surface area contributed by atoms with Crippen LogP contribution in [0, 0.1) is 13.8 Å². The van der Waals surface area contributed by atoms with Gasteiger partial charge in [0.2, 0.25) is 5.24 Å². The molecule has 0 aliphatic heterocycles. The predicted molar refractivity (Wildman–Crippen MR) is 96.2 cm³/mol. The van der Waals surface area contributed by atoms with Gasteiger partial charge in [-0.05, 0) is 72.0 Å². The van der Waals surface area contributed by atoms with E-state index in [2.05, 4.69) is 12.1 Å². The van der Waals surface area contributed by atoms with Crippen LogP contribution < -0.4 is 0 Å². The molecule has 1 nitrogen and oxygen atoms in total. The smallest absolute Gasteiger partial charge is 0.245 e.